The van der Waals surface area contributed by atoms with Gasteiger partial charge in [-0.15, -0.1) is 0 Å². The molecule has 6 aromatic carbocycles. The van der Waals surface area contributed by atoms with Gasteiger partial charge in [-0.05, 0) is 82.6 Å². The highest BCUT2D eigenvalue weighted by molar-refractivity contribution is 6.09. The first-order valence-electron chi connectivity index (χ1n) is 17.7. The van der Waals surface area contributed by atoms with Crippen LogP contribution in [0, 0.1) is 0 Å². The smallest absolute Gasteiger partial charge is 0.129 e. The molecule has 7 aromatic rings. The van der Waals surface area contributed by atoms with Crippen molar-refractivity contribution in [2.75, 3.05) is 22.9 Å². The second-order valence-corrected chi connectivity index (χ2v) is 15.5. The van der Waals surface area contributed by atoms with Crippen molar-refractivity contribution in [3.63, 3.8) is 0 Å². The molecule has 0 fully saturated rings. The van der Waals surface area contributed by atoms with Gasteiger partial charge in [0, 0.05) is 53.1 Å². The first-order valence-corrected chi connectivity index (χ1v) is 17.7. The molecule has 0 bridgehead atoms. The van der Waals surface area contributed by atoms with E-state index < -0.39 is 0 Å². The van der Waals surface area contributed by atoms with Gasteiger partial charge in [-0.1, -0.05) is 108 Å². The van der Waals surface area contributed by atoms with Crippen LogP contribution in [0.15, 0.2) is 140 Å². The molecule has 2 heterocycles. The summed E-state index contributed by atoms with van der Waals surface area (Å²) in [6.07, 6.45) is 0. The van der Waals surface area contributed by atoms with E-state index in [1.165, 1.54) is 44.5 Å². The lowest BCUT2D eigenvalue weighted by molar-refractivity contribution is 0.483. The second-order valence-electron chi connectivity index (χ2n) is 15.5. The van der Waals surface area contributed by atoms with Crippen LogP contribution in [0.25, 0.3) is 27.5 Å². The van der Waals surface area contributed by atoms with Crippen LogP contribution in [0.5, 0.6) is 11.5 Å². The van der Waals surface area contributed by atoms with Crippen molar-refractivity contribution < 1.29 is 4.74 Å². The normalized spacial score (nSPS) is 13.6. The number of hydrogen-bond acceptors (Lipinski definition) is 3. The topological polar surface area (TPSA) is 20.6 Å². The van der Waals surface area contributed by atoms with Crippen molar-refractivity contribution in [3.8, 4) is 17.2 Å². The third-order valence-corrected chi connectivity index (χ3v) is 9.99. The molecule has 4 heteroatoms. The highest BCUT2D eigenvalue weighted by atomic mass is 16.5. The van der Waals surface area contributed by atoms with Gasteiger partial charge in [-0.2, -0.15) is 0 Å². The fourth-order valence-corrected chi connectivity index (χ4v) is 7.48. The minimum absolute atomic E-state index is 0.0438. The van der Waals surface area contributed by atoms with Crippen molar-refractivity contribution >= 4 is 44.6 Å². The molecule has 0 aliphatic carbocycles. The van der Waals surface area contributed by atoms with Crippen LogP contribution in [-0.2, 0) is 10.8 Å². The first-order chi connectivity index (χ1) is 24.1. The Labute approximate surface area is 296 Å². The molecule has 1 aromatic heterocycles. The molecule has 50 heavy (non-hydrogen) atoms. The molecule has 4 nitrogen and oxygen atoms in total. The standard InChI is InChI=1S/C46H45N3O/c1-45(2,3)32-15-13-17-34(29-32)49-40-21-9-7-19-37(40)38-26-25-36(31-44(38)49)50-35-18-14-16-33(30-35)47-27-28-48(43-24-12-11-23-42(43)47)41-22-10-8-20-39(41)46(4,5)6/h7-26,29-31H,27-28H2,1-6H3. The van der Waals surface area contributed by atoms with E-state index in [1.54, 1.807) is 0 Å². The zero-order chi connectivity index (χ0) is 34.6. The summed E-state index contributed by atoms with van der Waals surface area (Å²) in [5.41, 5.74) is 11.1. The summed E-state index contributed by atoms with van der Waals surface area (Å²) in [7, 11) is 0. The van der Waals surface area contributed by atoms with E-state index in [-0.39, 0.29) is 10.8 Å². The van der Waals surface area contributed by atoms with Gasteiger partial charge >= 0.3 is 0 Å². The molecule has 0 atom stereocenters. The van der Waals surface area contributed by atoms with E-state index in [4.69, 9.17) is 4.74 Å². The molecule has 0 saturated heterocycles. The Kier molecular flexibility index (Phi) is 7.71. The first kappa shape index (κ1) is 31.8. The monoisotopic (exact) mass is 655 g/mol. The molecule has 0 N–H and O–H groups in total. The molecule has 1 aliphatic heterocycles. The van der Waals surface area contributed by atoms with Gasteiger partial charge < -0.3 is 19.1 Å². The summed E-state index contributed by atoms with van der Waals surface area (Å²) in [5, 5.41) is 2.45. The van der Waals surface area contributed by atoms with Crippen molar-refractivity contribution in [3.05, 3.63) is 151 Å². The molecule has 8 rings (SSSR count). The maximum atomic E-state index is 6.66. The number of nitrogens with zero attached hydrogens (tertiary/aromatic N) is 3. The fraction of sp³-hybridized carbons (Fsp3) is 0.217. The highest BCUT2D eigenvalue weighted by Crippen LogP contribution is 2.45. The number of anilines is 4. The zero-order valence-electron chi connectivity index (χ0n) is 29.9. The predicted molar refractivity (Wildman–Crippen MR) is 212 cm³/mol. The number of benzene rings is 6. The van der Waals surface area contributed by atoms with Gasteiger partial charge in [0.15, 0.2) is 0 Å². The maximum Gasteiger partial charge on any atom is 0.129 e. The third kappa shape index (κ3) is 5.69. The fourth-order valence-electron chi connectivity index (χ4n) is 7.48. The minimum atomic E-state index is 0.0438. The Hall–Kier alpha value is -5.48. The van der Waals surface area contributed by atoms with Gasteiger partial charge in [-0.25, -0.2) is 0 Å². The number of fused-ring (bicyclic) bond motifs is 4. The molecule has 250 valence electrons. The molecular weight excluding hydrogens is 611 g/mol. The zero-order valence-corrected chi connectivity index (χ0v) is 29.9. The summed E-state index contributed by atoms with van der Waals surface area (Å²) < 4.78 is 9.04. The van der Waals surface area contributed by atoms with Gasteiger partial charge in [0.2, 0.25) is 0 Å². The lowest BCUT2D eigenvalue weighted by Crippen LogP contribution is -2.37. The maximum absolute atomic E-state index is 6.66. The van der Waals surface area contributed by atoms with Gasteiger partial charge in [0.1, 0.15) is 11.5 Å². The molecular formula is C46H45N3O. The Morgan fingerprint density at radius 3 is 1.86 bits per heavy atom. The van der Waals surface area contributed by atoms with Crippen molar-refractivity contribution in [2.45, 2.75) is 52.4 Å². The Balaban J connectivity index is 1.15. The van der Waals surface area contributed by atoms with Crippen LogP contribution in [0.1, 0.15) is 52.7 Å². The molecule has 1 aliphatic rings. The van der Waals surface area contributed by atoms with Gasteiger partial charge in [0.05, 0.1) is 22.4 Å². The van der Waals surface area contributed by atoms with Crippen LogP contribution >= 0.6 is 0 Å². The van der Waals surface area contributed by atoms with Gasteiger partial charge in [-0.3, -0.25) is 0 Å². The van der Waals surface area contributed by atoms with E-state index >= 15 is 0 Å². The van der Waals surface area contributed by atoms with E-state index in [9.17, 15) is 0 Å². The number of para-hydroxylation sites is 4. The van der Waals surface area contributed by atoms with E-state index in [0.29, 0.717) is 0 Å². The van der Waals surface area contributed by atoms with Crippen molar-refractivity contribution in [2.24, 2.45) is 0 Å². The Morgan fingerprint density at radius 2 is 1.08 bits per heavy atom. The number of aromatic nitrogens is 1. The van der Waals surface area contributed by atoms with Gasteiger partial charge in [0.25, 0.3) is 0 Å². The van der Waals surface area contributed by atoms with Crippen LogP contribution < -0.4 is 14.5 Å². The highest BCUT2D eigenvalue weighted by Gasteiger charge is 2.28. The Morgan fingerprint density at radius 1 is 0.460 bits per heavy atom. The van der Waals surface area contributed by atoms with Crippen LogP contribution in [-0.4, -0.2) is 17.7 Å². The van der Waals surface area contributed by atoms with Crippen molar-refractivity contribution in [1.82, 2.24) is 4.57 Å². The lowest BCUT2D eigenvalue weighted by atomic mass is 9.85. The number of rotatable bonds is 5. The second kappa shape index (κ2) is 12.1. The third-order valence-electron chi connectivity index (χ3n) is 9.99. The summed E-state index contributed by atoms with van der Waals surface area (Å²) in [5.74, 6) is 1.63. The predicted octanol–water partition coefficient (Wildman–Crippen LogP) is 12.5. The largest absolute Gasteiger partial charge is 0.457 e. The van der Waals surface area contributed by atoms with Crippen LogP contribution in [0.2, 0.25) is 0 Å². The summed E-state index contributed by atoms with van der Waals surface area (Å²) in [6, 6.07) is 50.2. The molecule has 0 unspecified atom stereocenters. The summed E-state index contributed by atoms with van der Waals surface area (Å²) in [4.78, 5) is 4.90. The lowest BCUT2D eigenvalue weighted by Gasteiger charge is -2.40. The van der Waals surface area contributed by atoms with Crippen molar-refractivity contribution in [1.29, 1.82) is 0 Å². The average molecular weight is 656 g/mol. The van der Waals surface area contributed by atoms with Crippen LogP contribution in [0.3, 0.4) is 0 Å². The van der Waals surface area contributed by atoms with E-state index in [0.717, 1.165) is 41.5 Å². The molecule has 0 amide bonds. The van der Waals surface area contributed by atoms with Crippen LogP contribution in [0.4, 0.5) is 22.7 Å². The Bertz CT molecular complexity index is 2350. The SMILES string of the molecule is CC(C)(C)c1cccc(-n2c3ccccc3c3ccc(Oc4cccc(N5CCN(c6ccccc6C(C)(C)C)c6ccccc65)c4)cc32)c1. The summed E-state index contributed by atoms with van der Waals surface area (Å²) >= 11 is 0. The van der Waals surface area contributed by atoms with E-state index in [1.807, 2.05) is 0 Å². The number of hydrogen-bond donors (Lipinski definition) is 0. The number of ether oxygens (including phenoxy) is 1. The minimum Gasteiger partial charge on any atom is -0.457 e. The summed E-state index contributed by atoms with van der Waals surface area (Å²) in [6.45, 7) is 15.4. The average Bonchev–Trinajstić information content (AvgIpc) is 3.44. The molecule has 0 spiro atoms. The van der Waals surface area contributed by atoms with E-state index in [2.05, 4.69) is 195 Å². The quantitative estimate of drug-likeness (QED) is 0.184. The molecule has 0 radical (unpaired) electrons. The molecule has 0 saturated carbocycles.